The number of hydrogen-bond donors (Lipinski definition) is 0. The maximum Gasteiger partial charge on any atom is 0.259 e. The molecule has 0 aliphatic rings. The van der Waals surface area contributed by atoms with E-state index in [4.69, 9.17) is 0 Å². The molecule has 0 aliphatic carbocycles. The smallest absolute Gasteiger partial charge is 0.234 e. The SMILES string of the molecule is CCCCCCCCCCCC(C)n1cc[n+](CCCCCCC)c1C(C)C. The van der Waals surface area contributed by atoms with E-state index in [2.05, 4.69) is 56.1 Å². The first-order chi connectivity index (χ1) is 13.6. The van der Waals surface area contributed by atoms with E-state index in [1.54, 1.807) is 0 Å². The van der Waals surface area contributed by atoms with Gasteiger partial charge in [0.1, 0.15) is 12.4 Å². The Morgan fingerprint density at radius 2 is 1.21 bits per heavy atom. The minimum atomic E-state index is 0.594. The largest absolute Gasteiger partial charge is 0.259 e. The molecule has 0 bridgehead atoms. The van der Waals surface area contributed by atoms with Crippen LogP contribution in [0, 0.1) is 0 Å². The summed E-state index contributed by atoms with van der Waals surface area (Å²) in [5.41, 5.74) is 0. The highest BCUT2D eigenvalue weighted by Crippen LogP contribution is 2.21. The fraction of sp³-hybridized carbons (Fsp3) is 0.885. The Labute approximate surface area is 177 Å². The van der Waals surface area contributed by atoms with Crippen LogP contribution in [0.4, 0.5) is 0 Å². The van der Waals surface area contributed by atoms with Gasteiger partial charge in [-0.2, -0.15) is 0 Å². The van der Waals surface area contributed by atoms with E-state index in [0.717, 1.165) is 0 Å². The van der Waals surface area contributed by atoms with E-state index in [-0.39, 0.29) is 0 Å². The molecule has 164 valence electrons. The second-order valence-corrected chi connectivity index (χ2v) is 9.29. The number of hydrogen-bond acceptors (Lipinski definition) is 0. The van der Waals surface area contributed by atoms with Crippen molar-refractivity contribution in [3.05, 3.63) is 18.2 Å². The molecule has 0 fully saturated rings. The molecule has 0 aliphatic heterocycles. The van der Waals surface area contributed by atoms with Crippen molar-refractivity contribution in [3.8, 4) is 0 Å². The summed E-state index contributed by atoms with van der Waals surface area (Å²) in [5.74, 6) is 2.12. The average Bonchev–Trinajstić information content (AvgIpc) is 3.10. The van der Waals surface area contributed by atoms with Gasteiger partial charge in [-0.1, -0.05) is 98.3 Å². The van der Waals surface area contributed by atoms with Crippen LogP contribution < -0.4 is 4.57 Å². The molecule has 0 N–H and O–H groups in total. The second-order valence-electron chi connectivity index (χ2n) is 9.29. The highest BCUT2D eigenvalue weighted by Gasteiger charge is 2.23. The Morgan fingerprint density at radius 1 is 0.714 bits per heavy atom. The van der Waals surface area contributed by atoms with Gasteiger partial charge in [-0.3, -0.25) is 0 Å². The van der Waals surface area contributed by atoms with E-state index in [1.165, 1.54) is 109 Å². The van der Waals surface area contributed by atoms with Gasteiger partial charge in [0.15, 0.2) is 0 Å². The van der Waals surface area contributed by atoms with E-state index in [1.807, 2.05) is 0 Å². The van der Waals surface area contributed by atoms with E-state index < -0.39 is 0 Å². The molecule has 1 rings (SSSR count). The third-order valence-electron chi connectivity index (χ3n) is 6.19. The fourth-order valence-corrected chi connectivity index (χ4v) is 4.42. The zero-order chi connectivity index (χ0) is 20.6. The molecule has 0 radical (unpaired) electrons. The summed E-state index contributed by atoms with van der Waals surface area (Å²) < 4.78 is 5.10. The Bertz CT molecular complexity index is 475. The standard InChI is InChI=1S/C26H51N2/c1-6-8-10-12-13-14-15-16-18-20-25(5)28-23-22-27(26(28)24(3)4)21-19-17-11-9-7-2/h22-25H,6-21H2,1-5H3/q+1. The number of aryl methyl sites for hydroxylation is 1. The van der Waals surface area contributed by atoms with Crippen molar-refractivity contribution in [2.75, 3.05) is 0 Å². The number of aromatic nitrogens is 2. The molecule has 1 aromatic rings. The molecular weight excluding hydrogens is 340 g/mol. The van der Waals surface area contributed by atoms with E-state index in [0.29, 0.717) is 12.0 Å². The molecule has 0 saturated heterocycles. The lowest BCUT2D eigenvalue weighted by atomic mass is 10.0. The number of imidazole rings is 1. The van der Waals surface area contributed by atoms with Crippen LogP contribution in [0.2, 0.25) is 0 Å². The molecule has 0 spiro atoms. The Kier molecular flexibility index (Phi) is 14.5. The highest BCUT2D eigenvalue weighted by atomic mass is 15.2. The van der Waals surface area contributed by atoms with Gasteiger partial charge in [0.2, 0.25) is 0 Å². The Hall–Kier alpha value is -0.790. The number of nitrogens with zero attached hydrogens (tertiary/aromatic N) is 2. The molecule has 1 heterocycles. The first kappa shape index (κ1) is 25.2. The van der Waals surface area contributed by atoms with E-state index in [9.17, 15) is 0 Å². The fourth-order valence-electron chi connectivity index (χ4n) is 4.42. The van der Waals surface area contributed by atoms with Crippen LogP contribution in [-0.4, -0.2) is 4.57 Å². The normalized spacial score (nSPS) is 12.8. The average molecular weight is 392 g/mol. The minimum absolute atomic E-state index is 0.594. The van der Waals surface area contributed by atoms with Gasteiger partial charge >= 0.3 is 0 Å². The molecule has 2 nitrogen and oxygen atoms in total. The second kappa shape index (κ2) is 16.1. The third kappa shape index (κ3) is 10.1. The summed E-state index contributed by atoms with van der Waals surface area (Å²) in [6, 6.07) is 0.628. The topological polar surface area (TPSA) is 8.81 Å². The molecule has 28 heavy (non-hydrogen) atoms. The van der Waals surface area contributed by atoms with Crippen molar-refractivity contribution in [1.82, 2.24) is 4.57 Å². The molecule has 1 unspecified atom stereocenters. The first-order valence-corrected chi connectivity index (χ1v) is 12.7. The summed E-state index contributed by atoms with van der Waals surface area (Å²) >= 11 is 0. The van der Waals surface area contributed by atoms with E-state index >= 15 is 0 Å². The van der Waals surface area contributed by atoms with Gasteiger partial charge in [0.05, 0.1) is 18.5 Å². The first-order valence-electron chi connectivity index (χ1n) is 12.7. The zero-order valence-corrected chi connectivity index (χ0v) is 20.0. The predicted octanol–water partition coefficient (Wildman–Crippen LogP) is 8.35. The van der Waals surface area contributed by atoms with Gasteiger partial charge in [-0.25, -0.2) is 9.13 Å². The van der Waals surface area contributed by atoms with Crippen LogP contribution >= 0.6 is 0 Å². The van der Waals surface area contributed by atoms with Crippen LogP contribution in [0.25, 0.3) is 0 Å². The quantitative estimate of drug-likeness (QED) is 0.175. The van der Waals surface area contributed by atoms with Crippen molar-refractivity contribution in [2.45, 2.75) is 149 Å². The summed E-state index contributed by atoms with van der Waals surface area (Å²) in [6.07, 6.45) is 25.6. The minimum Gasteiger partial charge on any atom is -0.234 e. The highest BCUT2D eigenvalue weighted by molar-refractivity contribution is 4.92. The van der Waals surface area contributed by atoms with Crippen molar-refractivity contribution in [1.29, 1.82) is 0 Å². The van der Waals surface area contributed by atoms with Crippen LogP contribution in [0.15, 0.2) is 12.4 Å². The molecular formula is C26H51N2+. The van der Waals surface area contributed by atoms with Gasteiger partial charge in [-0.05, 0) is 32.6 Å². The van der Waals surface area contributed by atoms with Crippen molar-refractivity contribution in [3.63, 3.8) is 0 Å². The molecule has 0 amide bonds. The molecule has 1 aromatic heterocycles. The van der Waals surface area contributed by atoms with Gasteiger partial charge < -0.3 is 0 Å². The monoisotopic (exact) mass is 391 g/mol. The maximum absolute atomic E-state index is 2.57. The van der Waals surface area contributed by atoms with Gasteiger partial charge in [0.25, 0.3) is 5.82 Å². The van der Waals surface area contributed by atoms with Gasteiger partial charge in [0, 0.05) is 0 Å². The number of unbranched alkanes of at least 4 members (excludes halogenated alkanes) is 12. The summed E-state index contributed by atoms with van der Waals surface area (Å²) in [6.45, 7) is 12.9. The van der Waals surface area contributed by atoms with Crippen LogP contribution in [0.5, 0.6) is 0 Å². The lowest BCUT2D eigenvalue weighted by molar-refractivity contribution is -0.705. The summed E-state index contributed by atoms with van der Waals surface area (Å²) in [4.78, 5) is 0. The maximum atomic E-state index is 2.57. The van der Waals surface area contributed by atoms with Crippen molar-refractivity contribution in [2.24, 2.45) is 0 Å². The zero-order valence-electron chi connectivity index (χ0n) is 20.0. The lowest BCUT2D eigenvalue weighted by Gasteiger charge is -2.14. The molecule has 1 atom stereocenters. The predicted molar refractivity (Wildman–Crippen MR) is 124 cm³/mol. The van der Waals surface area contributed by atoms with Crippen LogP contribution in [0.3, 0.4) is 0 Å². The summed E-state index contributed by atoms with van der Waals surface area (Å²) in [7, 11) is 0. The summed E-state index contributed by atoms with van der Waals surface area (Å²) in [5, 5.41) is 0. The molecule has 0 aromatic carbocycles. The van der Waals surface area contributed by atoms with Crippen LogP contribution in [0.1, 0.15) is 149 Å². The van der Waals surface area contributed by atoms with Crippen LogP contribution in [-0.2, 0) is 6.54 Å². The third-order valence-corrected chi connectivity index (χ3v) is 6.19. The molecule has 2 heteroatoms. The molecule has 0 saturated carbocycles. The van der Waals surface area contributed by atoms with Crippen molar-refractivity contribution < 1.29 is 4.57 Å². The van der Waals surface area contributed by atoms with Gasteiger partial charge in [-0.15, -0.1) is 0 Å². The number of rotatable bonds is 18. The Balaban J connectivity index is 2.34. The lowest BCUT2D eigenvalue weighted by Crippen LogP contribution is -2.38. The van der Waals surface area contributed by atoms with Crippen molar-refractivity contribution >= 4 is 0 Å². The Morgan fingerprint density at radius 3 is 1.75 bits per heavy atom.